The quantitative estimate of drug-likeness (QED) is 0.369. The van der Waals surface area contributed by atoms with Crippen LogP contribution in [0.4, 0.5) is 0 Å². The molecule has 0 rings (SSSR count). The molecule has 0 aromatic carbocycles. The number of nitrogens with zero attached hydrogens (tertiary/aromatic N) is 1. The number of nitriles is 1. The molecule has 0 spiro atoms. The van der Waals surface area contributed by atoms with Crippen LogP contribution in [0.3, 0.4) is 0 Å². The summed E-state index contributed by atoms with van der Waals surface area (Å²) in [4.78, 5) is 44.7. The number of ether oxygens (including phenoxy) is 4. The van der Waals surface area contributed by atoms with Crippen LogP contribution in [-0.4, -0.2) is 50.3 Å². The van der Waals surface area contributed by atoms with Crippen molar-refractivity contribution < 1.29 is 38.1 Å². The molecule has 0 aromatic heterocycles. The van der Waals surface area contributed by atoms with Gasteiger partial charge in [-0.1, -0.05) is 13.8 Å². The standard InChI is InChI=1S/C12H19NO4.C8H14O4/c1-5-12(6-2,7-10(14)16-4)11(15)17-9(3)8-13;1-3-11-7(9)5-6-8(10)12-4-2/h9H,5-7H2,1-4H3;3-6H2,1-2H3. The van der Waals surface area contributed by atoms with E-state index >= 15 is 0 Å². The van der Waals surface area contributed by atoms with Gasteiger partial charge in [0.15, 0.2) is 6.10 Å². The molecule has 0 radical (unpaired) electrons. The summed E-state index contributed by atoms with van der Waals surface area (Å²) < 4.78 is 18.8. The molecule has 0 aromatic rings. The van der Waals surface area contributed by atoms with Crippen LogP contribution in [0.1, 0.15) is 66.7 Å². The van der Waals surface area contributed by atoms with E-state index in [1.807, 2.05) is 19.9 Å². The van der Waals surface area contributed by atoms with Crippen molar-refractivity contribution in [3.63, 3.8) is 0 Å². The summed E-state index contributed by atoms with van der Waals surface area (Å²) in [7, 11) is 1.28. The van der Waals surface area contributed by atoms with Crippen LogP contribution in [-0.2, 0) is 38.1 Å². The fraction of sp³-hybridized carbons (Fsp3) is 0.750. The van der Waals surface area contributed by atoms with Crippen LogP contribution >= 0.6 is 0 Å². The molecule has 0 aliphatic rings. The molecule has 0 saturated carbocycles. The fourth-order valence-corrected chi connectivity index (χ4v) is 2.19. The molecular weight excluding hydrogens is 382 g/mol. The first-order valence-corrected chi connectivity index (χ1v) is 9.64. The fourth-order valence-electron chi connectivity index (χ4n) is 2.19. The number of methoxy groups -OCH3 is 1. The minimum Gasteiger partial charge on any atom is -0.469 e. The third-order valence-corrected chi connectivity index (χ3v) is 4.11. The third-order valence-electron chi connectivity index (χ3n) is 4.11. The summed E-state index contributed by atoms with van der Waals surface area (Å²) in [5.74, 6) is -1.67. The molecule has 166 valence electrons. The highest BCUT2D eigenvalue weighted by molar-refractivity contribution is 5.83. The van der Waals surface area contributed by atoms with Gasteiger partial charge in [0, 0.05) is 0 Å². The van der Waals surface area contributed by atoms with Gasteiger partial charge in [0.25, 0.3) is 0 Å². The number of rotatable bonds is 11. The summed E-state index contributed by atoms with van der Waals surface area (Å²) in [5, 5.41) is 8.60. The van der Waals surface area contributed by atoms with Crippen molar-refractivity contribution in [3.05, 3.63) is 0 Å². The first kappa shape index (κ1) is 28.6. The minimum absolute atomic E-state index is 0.0204. The molecule has 1 unspecified atom stereocenters. The van der Waals surface area contributed by atoms with Crippen molar-refractivity contribution in [1.82, 2.24) is 0 Å². The molecule has 0 aliphatic carbocycles. The van der Waals surface area contributed by atoms with Gasteiger partial charge < -0.3 is 18.9 Å². The van der Waals surface area contributed by atoms with Gasteiger partial charge in [-0.2, -0.15) is 5.26 Å². The van der Waals surface area contributed by atoms with Crippen LogP contribution in [0.25, 0.3) is 0 Å². The summed E-state index contributed by atoms with van der Waals surface area (Å²) >= 11 is 0. The maximum absolute atomic E-state index is 12.0. The molecule has 0 heterocycles. The second-order valence-electron chi connectivity index (χ2n) is 6.03. The first-order chi connectivity index (χ1) is 13.7. The molecule has 1 atom stereocenters. The Morgan fingerprint density at radius 2 is 1.34 bits per heavy atom. The largest absolute Gasteiger partial charge is 0.469 e. The van der Waals surface area contributed by atoms with Crippen LogP contribution in [0.5, 0.6) is 0 Å². The Balaban J connectivity index is 0. The lowest BCUT2D eigenvalue weighted by Crippen LogP contribution is -2.36. The zero-order valence-electron chi connectivity index (χ0n) is 18.2. The lowest BCUT2D eigenvalue weighted by Gasteiger charge is -2.28. The predicted octanol–water partition coefficient (Wildman–Crippen LogP) is 2.70. The molecule has 0 saturated heterocycles. The van der Waals surface area contributed by atoms with Gasteiger partial charge in [0.2, 0.25) is 0 Å². The van der Waals surface area contributed by atoms with E-state index in [-0.39, 0.29) is 31.2 Å². The van der Waals surface area contributed by atoms with Gasteiger partial charge in [-0.15, -0.1) is 0 Å². The van der Waals surface area contributed by atoms with Gasteiger partial charge in [-0.25, -0.2) is 0 Å². The van der Waals surface area contributed by atoms with Gasteiger partial charge in [-0.3, -0.25) is 19.2 Å². The van der Waals surface area contributed by atoms with Crippen molar-refractivity contribution in [2.24, 2.45) is 5.41 Å². The van der Waals surface area contributed by atoms with E-state index in [0.717, 1.165) is 0 Å². The van der Waals surface area contributed by atoms with Crippen LogP contribution in [0, 0.1) is 16.7 Å². The lowest BCUT2D eigenvalue weighted by molar-refractivity contribution is -0.164. The molecule has 0 N–H and O–H groups in total. The molecule has 29 heavy (non-hydrogen) atoms. The Morgan fingerprint density at radius 3 is 1.66 bits per heavy atom. The van der Waals surface area contributed by atoms with E-state index in [1.54, 1.807) is 13.8 Å². The number of carbonyl (C=O) groups is 4. The minimum atomic E-state index is -0.891. The van der Waals surface area contributed by atoms with Crippen molar-refractivity contribution in [2.75, 3.05) is 20.3 Å². The Kier molecular flexibility index (Phi) is 16.1. The molecular formula is C20H33NO8. The van der Waals surface area contributed by atoms with Crippen LogP contribution < -0.4 is 0 Å². The Morgan fingerprint density at radius 1 is 0.897 bits per heavy atom. The Labute approximate surface area is 172 Å². The van der Waals surface area contributed by atoms with Crippen LogP contribution in [0.15, 0.2) is 0 Å². The topological polar surface area (TPSA) is 129 Å². The first-order valence-electron chi connectivity index (χ1n) is 9.64. The van der Waals surface area contributed by atoms with E-state index in [2.05, 4.69) is 14.2 Å². The monoisotopic (exact) mass is 415 g/mol. The van der Waals surface area contributed by atoms with Crippen LogP contribution in [0.2, 0.25) is 0 Å². The molecule has 0 amide bonds. The lowest BCUT2D eigenvalue weighted by atomic mass is 9.79. The van der Waals surface area contributed by atoms with E-state index in [9.17, 15) is 19.2 Å². The maximum atomic E-state index is 12.0. The summed E-state index contributed by atoms with van der Waals surface area (Å²) in [6, 6.07) is 1.82. The van der Waals surface area contributed by atoms with Crippen molar-refractivity contribution in [2.45, 2.75) is 72.8 Å². The van der Waals surface area contributed by atoms with Gasteiger partial charge in [0.1, 0.15) is 6.07 Å². The van der Waals surface area contributed by atoms with Crippen molar-refractivity contribution in [1.29, 1.82) is 5.26 Å². The SMILES string of the molecule is CCC(CC)(CC(=O)OC)C(=O)OC(C)C#N.CCOC(=O)CCC(=O)OCC. The second kappa shape index (κ2) is 16.3. The highest BCUT2D eigenvalue weighted by Gasteiger charge is 2.39. The summed E-state index contributed by atoms with van der Waals surface area (Å²) in [6.45, 7) is 9.26. The highest BCUT2D eigenvalue weighted by atomic mass is 16.5. The second-order valence-corrected chi connectivity index (χ2v) is 6.03. The normalized spacial score (nSPS) is 11.1. The number of carbonyl (C=O) groups excluding carboxylic acids is 4. The Hall–Kier alpha value is -2.63. The summed E-state index contributed by atoms with van der Waals surface area (Å²) in [6.07, 6.45) is 0.315. The van der Waals surface area contributed by atoms with E-state index in [0.29, 0.717) is 26.1 Å². The molecule has 9 heteroatoms. The molecule has 0 fully saturated rings. The summed E-state index contributed by atoms with van der Waals surface area (Å²) in [5.41, 5.74) is -0.891. The average Bonchev–Trinajstić information content (AvgIpc) is 2.71. The predicted molar refractivity (Wildman–Crippen MR) is 103 cm³/mol. The van der Waals surface area contributed by atoms with E-state index in [4.69, 9.17) is 10.00 Å². The zero-order chi connectivity index (χ0) is 22.9. The number of hydrogen-bond donors (Lipinski definition) is 0. The van der Waals surface area contributed by atoms with Gasteiger partial charge in [0.05, 0.1) is 45.0 Å². The molecule has 0 bridgehead atoms. The smallest absolute Gasteiger partial charge is 0.313 e. The molecule has 0 aliphatic heterocycles. The van der Waals surface area contributed by atoms with Crippen molar-refractivity contribution >= 4 is 23.9 Å². The number of esters is 4. The van der Waals surface area contributed by atoms with Gasteiger partial charge in [-0.05, 0) is 33.6 Å². The highest BCUT2D eigenvalue weighted by Crippen LogP contribution is 2.33. The Bertz CT molecular complexity index is 545. The third kappa shape index (κ3) is 12.4. The van der Waals surface area contributed by atoms with Crippen molar-refractivity contribution in [3.8, 4) is 6.07 Å². The molecule has 9 nitrogen and oxygen atoms in total. The van der Waals surface area contributed by atoms with Gasteiger partial charge >= 0.3 is 23.9 Å². The average molecular weight is 415 g/mol. The maximum Gasteiger partial charge on any atom is 0.313 e. The number of hydrogen-bond acceptors (Lipinski definition) is 9. The van der Waals surface area contributed by atoms with E-state index in [1.165, 1.54) is 14.0 Å². The zero-order valence-corrected chi connectivity index (χ0v) is 18.2. The van der Waals surface area contributed by atoms with E-state index < -0.39 is 23.5 Å².